The summed E-state index contributed by atoms with van der Waals surface area (Å²) in [6.07, 6.45) is 1.32. The Hall–Kier alpha value is -2.40. The van der Waals surface area contributed by atoms with Crippen molar-refractivity contribution < 1.29 is 14.3 Å². The van der Waals surface area contributed by atoms with Gasteiger partial charge in [-0.15, -0.1) is 0 Å². The molecule has 0 saturated heterocycles. The summed E-state index contributed by atoms with van der Waals surface area (Å²) in [6, 6.07) is 11.1. The number of pyridine rings is 1. The van der Waals surface area contributed by atoms with Gasteiger partial charge in [-0.2, -0.15) is 0 Å². The number of carbonyl (C=O) groups is 2. The summed E-state index contributed by atoms with van der Waals surface area (Å²) in [6.45, 7) is 8.00. The maximum atomic E-state index is 12.3. The lowest BCUT2D eigenvalue weighted by Gasteiger charge is -2.23. The quantitative estimate of drug-likeness (QED) is 0.559. The number of amides is 1. The van der Waals surface area contributed by atoms with Crippen LogP contribution in [-0.4, -0.2) is 23.5 Å². The zero-order chi connectivity index (χ0) is 20.0. The van der Waals surface area contributed by atoms with Crippen LogP contribution in [0.1, 0.15) is 61.1 Å². The molecule has 27 heavy (non-hydrogen) atoms. The first kappa shape index (κ1) is 20.9. The molecule has 0 aliphatic heterocycles. The van der Waals surface area contributed by atoms with E-state index in [9.17, 15) is 9.59 Å². The van der Waals surface area contributed by atoms with Gasteiger partial charge in [-0.3, -0.25) is 4.79 Å². The van der Waals surface area contributed by atoms with Gasteiger partial charge in [-0.25, -0.2) is 9.78 Å². The number of nitrogens with one attached hydrogen (secondary N) is 1. The summed E-state index contributed by atoms with van der Waals surface area (Å²) in [5, 5.41) is 3.23. The Morgan fingerprint density at radius 3 is 2.19 bits per heavy atom. The fourth-order valence-electron chi connectivity index (χ4n) is 2.65. The van der Waals surface area contributed by atoms with E-state index in [1.165, 1.54) is 23.9 Å². The van der Waals surface area contributed by atoms with Crippen LogP contribution in [0.15, 0.2) is 42.6 Å². The Morgan fingerprint density at radius 1 is 1.04 bits per heavy atom. The molecule has 0 bridgehead atoms. The molecule has 1 atom stereocenters. The highest BCUT2D eigenvalue weighted by atomic mass is 35.5. The second kappa shape index (κ2) is 9.51. The Labute approximate surface area is 165 Å². The van der Waals surface area contributed by atoms with Gasteiger partial charge in [0, 0.05) is 6.20 Å². The molecular weight excluding hydrogens is 364 g/mol. The summed E-state index contributed by atoms with van der Waals surface area (Å²) in [5.74, 6) is -0.323. The van der Waals surface area contributed by atoms with Crippen LogP contribution >= 0.6 is 11.6 Å². The minimum Gasteiger partial charge on any atom is -0.452 e. The maximum Gasteiger partial charge on any atom is 0.340 e. The lowest BCUT2D eigenvalue weighted by Crippen LogP contribution is -2.35. The van der Waals surface area contributed by atoms with Crippen molar-refractivity contribution in [1.29, 1.82) is 0 Å². The van der Waals surface area contributed by atoms with Crippen molar-refractivity contribution in [1.82, 2.24) is 10.3 Å². The molecule has 2 rings (SSSR count). The molecule has 2 aromatic rings. The summed E-state index contributed by atoms with van der Waals surface area (Å²) < 4.78 is 5.06. The topological polar surface area (TPSA) is 68.3 Å². The van der Waals surface area contributed by atoms with Gasteiger partial charge in [0.2, 0.25) is 0 Å². The number of esters is 1. The molecule has 5 nitrogen and oxygen atoms in total. The highest BCUT2D eigenvalue weighted by Gasteiger charge is 2.19. The van der Waals surface area contributed by atoms with E-state index >= 15 is 0 Å². The second-order valence-electron chi connectivity index (χ2n) is 7.06. The first-order chi connectivity index (χ1) is 12.8. The van der Waals surface area contributed by atoms with Gasteiger partial charge in [0.25, 0.3) is 5.91 Å². The standard InChI is InChI=1S/C21H25ClN2O3/c1-13(2)15-5-7-16(8-6-15)20(14(3)4)24-19(25)12-27-21(26)17-9-10-18(22)23-11-17/h5-11,13-14,20H,12H2,1-4H3,(H,24,25)/t20-/m0/s1. The summed E-state index contributed by atoms with van der Waals surface area (Å²) in [7, 11) is 0. The third-order valence-electron chi connectivity index (χ3n) is 4.24. The van der Waals surface area contributed by atoms with Gasteiger partial charge in [0.05, 0.1) is 11.6 Å². The number of nitrogens with zero attached hydrogens (tertiary/aromatic N) is 1. The lowest BCUT2D eigenvalue weighted by molar-refractivity contribution is -0.125. The third kappa shape index (κ3) is 6.07. The molecule has 0 radical (unpaired) electrons. The molecule has 144 valence electrons. The van der Waals surface area contributed by atoms with Crippen LogP contribution in [0.4, 0.5) is 0 Å². The number of ether oxygens (including phenoxy) is 1. The number of rotatable bonds is 7. The molecule has 1 aromatic heterocycles. The van der Waals surface area contributed by atoms with E-state index in [1.54, 1.807) is 0 Å². The molecule has 1 heterocycles. The number of carbonyl (C=O) groups excluding carboxylic acids is 2. The van der Waals surface area contributed by atoms with Crippen molar-refractivity contribution in [3.8, 4) is 0 Å². The second-order valence-corrected chi connectivity index (χ2v) is 7.44. The highest BCUT2D eigenvalue weighted by Crippen LogP contribution is 2.24. The average molecular weight is 389 g/mol. The van der Waals surface area contributed by atoms with E-state index in [4.69, 9.17) is 16.3 Å². The number of halogens is 1. The number of hydrogen-bond acceptors (Lipinski definition) is 4. The van der Waals surface area contributed by atoms with Crippen molar-refractivity contribution >= 4 is 23.5 Å². The van der Waals surface area contributed by atoms with E-state index in [-0.39, 0.29) is 35.2 Å². The Bertz CT molecular complexity index is 771. The van der Waals surface area contributed by atoms with Crippen LogP contribution in [0, 0.1) is 5.92 Å². The molecule has 0 aliphatic rings. The van der Waals surface area contributed by atoms with Gasteiger partial charge < -0.3 is 10.1 Å². The molecule has 1 aromatic carbocycles. The van der Waals surface area contributed by atoms with Gasteiger partial charge in [0.1, 0.15) is 5.15 Å². The summed E-state index contributed by atoms with van der Waals surface area (Å²) >= 11 is 5.69. The summed E-state index contributed by atoms with van der Waals surface area (Å²) in [4.78, 5) is 28.1. The molecule has 0 spiro atoms. The summed E-state index contributed by atoms with van der Waals surface area (Å²) in [5.41, 5.74) is 2.52. The first-order valence-electron chi connectivity index (χ1n) is 8.95. The number of benzene rings is 1. The van der Waals surface area contributed by atoms with Crippen LogP contribution < -0.4 is 5.32 Å². The molecular formula is C21H25ClN2O3. The maximum absolute atomic E-state index is 12.3. The van der Waals surface area contributed by atoms with Gasteiger partial charge in [-0.05, 0) is 35.1 Å². The Morgan fingerprint density at radius 2 is 1.67 bits per heavy atom. The van der Waals surface area contributed by atoms with E-state index < -0.39 is 5.97 Å². The minimum absolute atomic E-state index is 0.158. The van der Waals surface area contributed by atoms with Crippen LogP contribution in [0.2, 0.25) is 5.15 Å². The van der Waals surface area contributed by atoms with Gasteiger partial charge in [0.15, 0.2) is 6.61 Å². The number of hydrogen-bond donors (Lipinski definition) is 1. The van der Waals surface area contributed by atoms with E-state index in [0.717, 1.165) is 5.56 Å². The van der Waals surface area contributed by atoms with Crippen molar-refractivity contribution in [3.05, 3.63) is 64.4 Å². The monoisotopic (exact) mass is 388 g/mol. The van der Waals surface area contributed by atoms with Crippen molar-refractivity contribution in [2.75, 3.05) is 6.61 Å². The van der Waals surface area contributed by atoms with Crippen LogP contribution in [-0.2, 0) is 9.53 Å². The van der Waals surface area contributed by atoms with Gasteiger partial charge in [-0.1, -0.05) is 63.6 Å². The Balaban J connectivity index is 1.96. The minimum atomic E-state index is -0.614. The van der Waals surface area contributed by atoms with Crippen LogP contribution in [0.5, 0.6) is 0 Å². The predicted molar refractivity (Wildman–Crippen MR) is 106 cm³/mol. The van der Waals surface area contributed by atoms with E-state index in [2.05, 4.69) is 36.3 Å². The van der Waals surface area contributed by atoms with Crippen molar-refractivity contribution in [3.63, 3.8) is 0 Å². The zero-order valence-corrected chi connectivity index (χ0v) is 16.8. The molecule has 0 saturated carbocycles. The van der Waals surface area contributed by atoms with E-state index in [0.29, 0.717) is 5.92 Å². The largest absolute Gasteiger partial charge is 0.452 e. The Kier molecular flexibility index (Phi) is 7.36. The predicted octanol–water partition coefficient (Wildman–Crippen LogP) is 4.53. The smallest absolute Gasteiger partial charge is 0.340 e. The van der Waals surface area contributed by atoms with E-state index in [1.807, 2.05) is 26.0 Å². The van der Waals surface area contributed by atoms with Crippen molar-refractivity contribution in [2.24, 2.45) is 5.92 Å². The SMILES string of the molecule is CC(C)c1ccc([C@@H](NC(=O)COC(=O)c2ccc(Cl)nc2)C(C)C)cc1. The molecule has 6 heteroatoms. The average Bonchev–Trinajstić information content (AvgIpc) is 2.64. The van der Waals surface area contributed by atoms with Crippen LogP contribution in [0.3, 0.4) is 0 Å². The van der Waals surface area contributed by atoms with Crippen LogP contribution in [0.25, 0.3) is 0 Å². The zero-order valence-electron chi connectivity index (χ0n) is 16.0. The molecule has 1 amide bonds. The molecule has 0 aliphatic carbocycles. The third-order valence-corrected chi connectivity index (χ3v) is 4.47. The fourth-order valence-corrected chi connectivity index (χ4v) is 2.76. The lowest BCUT2D eigenvalue weighted by atomic mass is 9.93. The molecule has 0 fully saturated rings. The normalized spacial score (nSPS) is 12.1. The molecule has 0 unspecified atom stereocenters. The first-order valence-corrected chi connectivity index (χ1v) is 9.33. The highest BCUT2D eigenvalue weighted by molar-refractivity contribution is 6.29. The van der Waals surface area contributed by atoms with Crippen molar-refractivity contribution in [2.45, 2.75) is 39.7 Å². The van der Waals surface area contributed by atoms with Gasteiger partial charge >= 0.3 is 5.97 Å². The number of aromatic nitrogens is 1. The fraction of sp³-hybridized carbons (Fsp3) is 0.381. The molecule has 1 N–H and O–H groups in total.